The first-order chi connectivity index (χ1) is 14.2. The van der Waals surface area contributed by atoms with Crippen LogP contribution in [0, 0.1) is 0 Å². The fourth-order valence-electron chi connectivity index (χ4n) is 3.61. The molecule has 3 aromatic rings. The molecule has 0 bridgehead atoms. The van der Waals surface area contributed by atoms with E-state index < -0.39 is 0 Å². The lowest BCUT2D eigenvalue weighted by Crippen LogP contribution is -2.12. The van der Waals surface area contributed by atoms with Crippen molar-refractivity contribution >= 4 is 22.4 Å². The third-order valence-corrected chi connectivity index (χ3v) is 5.85. The van der Waals surface area contributed by atoms with Crippen molar-refractivity contribution in [2.24, 2.45) is 0 Å². The summed E-state index contributed by atoms with van der Waals surface area (Å²) < 4.78 is 10.8. The first kappa shape index (κ1) is 19.5. The third-order valence-electron chi connectivity index (χ3n) is 5.09. The Bertz CT molecular complexity index is 1030. The number of fused-ring (bicyclic) bond motifs is 1. The number of rotatable bonds is 6. The molecule has 0 saturated carbocycles. The van der Waals surface area contributed by atoms with Gasteiger partial charge in [0.05, 0.1) is 19.4 Å². The van der Waals surface area contributed by atoms with Gasteiger partial charge in [-0.2, -0.15) is 0 Å². The molecule has 0 atom stereocenters. The third kappa shape index (κ3) is 4.27. The van der Waals surface area contributed by atoms with Crippen molar-refractivity contribution in [3.63, 3.8) is 0 Å². The summed E-state index contributed by atoms with van der Waals surface area (Å²) in [5, 5.41) is 5.45. The van der Waals surface area contributed by atoms with Crippen LogP contribution in [0.25, 0.3) is 11.3 Å². The molecule has 0 spiro atoms. The summed E-state index contributed by atoms with van der Waals surface area (Å²) in [5.74, 6) is 0.932. The zero-order valence-corrected chi connectivity index (χ0v) is 17.5. The maximum absolute atomic E-state index is 12.6. The maximum atomic E-state index is 12.6. The summed E-state index contributed by atoms with van der Waals surface area (Å²) in [7, 11) is 1.56. The Balaban J connectivity index is 1.50. The second-order valence-corrected chi connectivity index (χ2v) is 7.84. The predicted molar refractivity (Wildman–Crippen MR) is 116 cm³/mol. The Morgan fingerprint density at radius 1 is 1.10 bits per heavy atom. The number of anilines is 1. The fraction of sp³-hybridized carbons (Fsp3) is 0.304. The van der Waals surface area contributed by atoms with Crippen LogP contribution >= 0.6 is 11.3 Å². The molecule has 150 valence electrons. The van der Waals surface area contributed by atoms with Crippen LogP contribution in [0.15, 0.2) is 41.8 Å². The molecule has 6 heteroatoms. The second kappa shape index (κ2) is 8.66. The Hall–Kier alpha value is -2.86. The molecular weight excluding hydrogens is 384 g/mol. The average Bonchev–Trinajstić information content (AvgIpc) is 3.22. The van der Waals surface area contributed by atoms with Crippen LogP contribution in [0.1, 0.15) is 41.3 Å². The van der Waals surface area contributed by atoms with E-state index in [2.05, 4.69) is 28.5 Å². The van der Waals surface area contributed by atoms with Gasteiger partial charge in [0.15, 0.2) is 16.6 Å². The zero-order valence-electron chi connectivity index (χ0n) is 16.7. The van der Waals surface area contributed by atoms with E-state index in [0.29, 0.717) is 28.8 Å². The number of thiazole rings is 1. The highest BCUT2D eigenvalue weighted by atomic mass is 32.1. The maximum Gasteiger partial charge on any atom is 0.257 e. The average molecular weight is 409 g/mol. The summed E-state index contributed by atoms with van der Waals surface area (Å²) in [6, 6.07) is 11.7. The molecule has 1 aromatic heterocycles. The van der Waals surface area contributed by atoms with Gasteiger partial charge < -0.3 is 9.47 Å². The molecule has 1 heterocycles. The highest BCUT2D eigenvalue weighted by Crippen LogP contribution is 2.31. The van der Waals surface area contributed by atoms with Crippen LogP contribution in [0.3, 0.4) is 0 Å². The molecule has 0 radical (unpaired) electrons. The van der Waals surface area contributed by atoms with E-state index in [1.165, 1.54) is 41.7 Å². The van der Waals surface area contributed by atoms with Crippen molar-refractivity contribution in [3.05, 3.63) is 58.5 Å². The number of aromatic nitrogens is 1. The molecule has 1 amide bonds. The van der Waals surface area contributed by atoms with Gasteiger partial charge in [-0.3, -0.25) is 10.1 Å². The number of aryl methyl sites for hydroxylation is 2. The lowest BCUT2D eigenvalue weighted by molar-refractivity contribution is 0.102. The number of amides is 1. The Labute approximate surface area is 174 Å². The summed E-state index contributed by atoms with van der Waals surface area (Å²) in [6.07, 6.45) is 4.83. The minimum atomic E-state index is -0.224. The van der Waals surface area contributed by atoms with E-state index >= 15 is 0 Å². The number of nitrogens with zero attached hydrogens (tertiary/aromatic N) is 1. The van der Waals surface area contributed by atoms with Gasteiger partial charge in [0.1, 0.15) is 0 Å². The highest BCUT2D eigenvalue weighted by Gasteiger charge is 2.15. The zero-order chi connectivity index (χ0) is 20.2. The van der Waals surface area contributed by atoms with Gasteiger partial charge in [-0.15, -0.1) is 11.3 Å². The lowest BCUT2D eigenvalue weighted by atomic mass is 9.90. The first-order valence-electron chi connectivity index (χ1n) is 9.88. The highest BCUT2D eigenvalue weighted by molar-refractivity contribution is 7.14. The summed E-state index contributed by atoms with van der Waals surface area (Å²) in [4.78, 5) is 17.3. The number of carbonyl (C=O) groups is 1. The second-order valence-electron chi connectivity index (χ2n) is 6.98. The van der Waals surface area contributed by atoms with Crippen LogP contribution in [0.5, 0.6) is 11.5 Å². The number of hydrogen-bond acceptors (Lipinski definition) is 5. The van der Waals surface area contributed by atoms with E-state index in [-0.39, 0.29) is 5.91 Å². The van der Waals surface area contributed by atoms with E-state index in [0.717, 1.165) is 17.7 Å². The molecule has 1 aliphatic rings. The molecule has 2 aromatic carbocycles. The molecule has 1 N–H and O–H groups in total. The molecule has 0 fully saturated rings. The minimum Gasteiger partial charge on any atom is -0.493 e. The van der Waals surface area contributed by atoms with Gasteiger partial charge in [0, 0.05) is 16.5 Å². The van der Waals surface area contributed by atoms with E-state index in [1.54, 1.807) is 25.3 Å². The van der Waals surface area contributed by atoms with Gasteiger partial charge in [-0.1, -0.05) is 12.1 Å². The number of nitrogens with one attached hydrogen (secondary N) is 1. The van der Waals surface area contributed by atoms with Gasteiger partial charge in [-0.25, -0.2) is 4.98 Å². The minimum absolute atomic E-state index is 0.224. The smallest absolute Gasteiger partial charge is 0.257 e. The number of methoxy groups -OCH3 is 1. The molecule has 0 unspecified atom stereocenters. The topological polar surface area (TPSA) is 60.5 Å². The van der Waals surface area contributed by atoms with Crippen molar-refractivity contribution in [3.8, 4) is 22.8 Å². The van der Waals surface area contributed by atoms with Crippen LogP contribution in [0.4, 0.5) is 5.13 Å². The SMILES string of the molecule is CCOc1ccc(C(=O)Nc2nc(-c3ccc4c(c3)CCCC4)cs2)cc1OC. The molecule has 5 nitrogen and oxygen atoms in total. The standard InChI is InChI=1S/C23H24N2O3S/c1-3-28-20-11-10-18(13-21(20)27-2)22(26)25-23-24-19(14-29-23)17-9-8-15-6-4-5-7-16(15)12-17/h8-14H,3-7H2,1-2H3,(H,24,25,26). The van der Waals surface area contributed by atoms with E-state index in [1.807, 2.05) is 12.3 Å². The number of hydrogen-bond donors (Lipinski definition) is 1. The predicted octanol–water partition coefficient (Wildman–Crippen LogP) is 5.35. The number of ether oxygens (including phenoxy) is 2. The monoisotopic (exact) mass is 408 g/mol. The molecule has 0 aliphatic heterocycles. The fourth-order valence-corrected chi connectivity index (χ4v) is 4.32. The van der Waals surface area contributed by atoms with Crippen LogP contribution < -0.4 is 14.8 Å². The summed E-state index contributed by atoms with van der Waals surface area (Å²) in [6.45, 7) is 2.44. The molecular formula is C23H24N2O3S. The Morgan fingerprint density at radius 2 is 1.93 bits per heavy atom. The van der Waals surface area contributed by atoms with E-state index in [9.17, 15) is 4.79 Å². The van der Waals surface area contributed by atoms with Crippen molar-refractivity contribution in [1.29, 1.82) is 0 Å². The lowest BCUT2D eigenvalue weighted by Gasteiger charge is -2.16. The molecule has 0 saturated heterocycles. The quantitative estimate of drug-likeness (QED) is 0.597. The molecule has 1 aliphatic carbocycles. The van der Waals surface area contributed by atoms with Crippen molar-refractivity contribution < 1.29 is 14.3 Å². The number of carbonyl (C=O) groups excluding carboxylic acids is 1. The molecule has 29 heavy (non-hydrogen) atoms. The van der Waals surface area contributed by atoms with E-state index in [4.69, 9.17) is 9.47 Å². The number of benzene rings is 2. The van der Waals surface area contributed by atoms with Crippen molar-refractivity contribution in [2.45, 2.75) is 32.6 Å². The van der Waals surface area contributed by atoms with Crippen molar-refractivity contribution in [1.82, 2.24) is 4.98 Å². The van der Waals surface area contributed by atoms with Gasteiger partial charge in [0.25, 0.3) is 5.91 Å². The van der Waals surface area contributed by atoms with Gasteiger partial charge in [-0.05, 0) is 68.0 Å². The molecule has 4 rings (SSSR count). The Kier molecular flexibility index (Phi) is 5.81. The van der Waals surface area contributed by atoms with Crippen LogP contribution in [0.2, 0.25) is 0 Å². The first-order valence-corrected chi connectivity index (χ1v) is 10.8. The largest absolute Gasteiger partial charge is 0.493 e. The Morgan fingerprint density at radius 3 is 2.72 bits per heavy atom. The summed E-state index contributed by atoms with van der Waals surface area (Å²) >= 11 is 1.43. The van der Waals surface area contributed by atoms with Crippen LogP contribution in [-0.4, -0.2) is 24.6 Å². The van der Waals surface area contributed by atoms with Gasteiger partial charge in [0.2, 0.25) is 0 Å². The van der Waals surface area contributed by atoms with Gasteiger partial charge >= 0.3 is 0 Å². The van der Waals surface area contributed by atoms with Crippen LogP contribution in [-0.2, 0) is 12.8 Å². The normalized spacial score (nSPS) is 12.9. The summed E-state index contributed by atoms with van der Waals surface area (Å²) in [5.41, 5.74) is 5.37. The van der Waals surface area contributed by atoms with Crippen molar-refractivity contribution in [2.75, 3.05) is 19.0 Å².